The Morgan fingerprint density at radius 1 is 1.50 bits per heavy atom. The van der Waals surface area contributed by atoms with Crippen LogP contribution in [-0.2, 0) is 10.4 Å². The van der Waals surface area contributed by atoms with Crippen molar-refractivity contribution >= 4 is 10.4 Å². The van der Waals surface area contributed by atoms with E-state index in [1.807, 2.05) is 0 Å². The Bertz CT molecular complexity index is 209. The number of hydrogen-bond acceptors (Lipinski definition) is 2. The fourth-order valence-electron chi connectivity index (χ4n) is 0.798. The van der Waals surface area contributed by atoms with Gasteiger partial charge in [-0.2, -0.15) is 12.7 Å². The zero-order valence-electron chi connectivity index (χ0n) is 5.13. The summed E-state index contributed by atoms with van der Waals surface area (Å²) in [6.07, 6.45) is 0. The van der Waals surface area contributed by atoms with Crippen LogP contribution in [-0.4, -0.2) is 32.5 Å². The van der Waals surface area contributed by atoms with Crippen molar-refractivity contribution in [2.75, 3.05) is 19.8 Å². The molecular weight excluding hydrogens is 164 g/mol. The van der Waals surface area contributed by atoms with Crippen LogP contribution in [0.2, 0.25) is 0 Å². The topological polar surface area (TPSA) is 37.4 Å². The average molecular weight is 171 g/mol. The molecule has 10 heavy (non-hydrogen) atoms. The van der Waals surface area contributed by atoms with Crippen LogP contribution in [0.4, 0.5) is 8.28 Å². The molecule has 1 fully saturated rings. The van der Waals surface area contributed by atoms with E-state index in [-0.39, 0.29) is 19.0 Å². The molecule has 0 aromatic heterocycles. The summed E-state index contributed by atoms with van der Waals surface area (Å²) in [5.41, 5.74) is 0. The highest BCUT2D eigenvalue weighted by Crippen LogP contribution is 2.20. The van der Waals surface area contributed by atoms with Crippen molar-refractivity contribution in [3.8, 4) is 0 Å². The Morgan fingerprint density at radius 2 is 2.00 bits per heavy atom. The van der Waals surface area contributed by atoms with Gasteiger partial charge in [0.05, 0.1) is 6.67 Å². The summed E-state index contributed by atoms with van der Waals surface area (Å²) in [4.78, 5) is 0. The summed E-state index contributed by atoms with van der Waals surface area (Å²) in [5, 5.41) is 0. The summed E-state index contributed by atoms with van der Waals surface area (Å²) in [5.74, 6) is -0.300. The number of rotatable bonds is 2. The molecule has 0 radical (unpaired) electrons. The van der Waals surface area contributed by atoms with Crippen LogP contribution in [0, 0.1) is 5.92 Å². The van der Waals surface area contributed by atoms with Gasteiger partial charge in [0.2, 0.25) is 0 Å². The Labute approximate surface area is 58.0 Å². The van der Waals surface area contributed by atoms with E-state index in [2.05, 4.69) is 0 Å². The normalized spacial score (nSPS) is 22.6. The van der Waals surface area contributed by atoms with Crippen molar-refractivity contribution in [2.45, 2.75) is 0 Å². The Balaban J connectivity index is 2.41. The summed E-state index contributed by atoms with van der Waals surface area (Å²) >= 11 is 0. The highest BCUT2D eigenvalue weighted by Gasteiger charge is 2.35. The van der Waals surface area contributed by atoms with Gasteiger partial charge in [-0.05, 0) is 0 Å². The monoisotopic (exact) mass is 171 g/mol. The third-order valence-electron chi connectivity index (χ3n) is 1.45. The molecule has 0 amide bonds. The molecule has 1 rings (SSSR count). The fourth-order valence-corrected chi connectivity index (χ4v) is 1.58. The first-order valence-corrected chi connectivity index (χ1v) is 4.14. The van der Waals surface area contributed by atoms with Gasteiger partial charge >= 0.3 is 10.4 Å². The summed E-state index contributed by atoms with van der Waals surface area (Å²) in [6, 6.07) is 0. The Morgan fingerprint density at radius 3 is 2.30 bits per heavy atom. The fraction of sp³-hybridized carbons (Fsp3) is 1.00. The molecular formula is C4H7F2NO2S. The predicted molar refractivity (Wildman–Crippen MR) is 31.1 cm³/mol. The van der Waals surface area contributed by atoms with Crippen molar-refractivity contribution in [1.82, 2.24) is 4.31 Å². The van der Waals surface area contributed by atoms with Gasteiger partial charge in [-0.1, -0.05) is 3.89 Å². The highest BCUT2D eigenvalue weighted by atomic mass is 32.3. The second-order valence-electron chi connectivity index (χ2n) is 2.28. The van der Waals surface area contributed by atoms with Crippen molar-refractivity contribution in [2.24, 2.45) is 5.92 Å². The lowest BCUT2D eigenvalue weighted by Crippen LogP contribution is -2.49. The van der Waals surface area contributed by atoms with Crippen molar-refractivity contribution < 1.29 is 16.7 Å². The lowest BCUT2D eigenvalue weighted by Gasteiger charge is -2.33. The summed E-state index contributed by atoms with van der Waals surface area (Å²) in [6.45, 7) is -0.614. The van der Waals surface area contributed by atoms with E-state index in [1.165, 1.54) is 0 Å². The molecule has 1 aliphatic rings. The van der Waals surface area contributed by atoms with E-state index in [0.717, 1.165) is 0 Å². The van der Waals surface area contributed by atoms with Gasteiger partial charge in [0, 0.05) is 19.0 Å². The first-order chi connectivity index (χ1) is 4.54. The quantitative estimate of drug-likeness (QED) is 0.553. The van der Waals surface area contributed by atoms with E-state index in [1.54, 1.807) is 0 Å². The summed E-state index contributed by atoms with van der Waals surface area (Å²) in [7, 11) is -4.54. The van der Waals surface area contributed by atoms with Gasteiger partial charge in [-0.15, -0.1) is 0 Å². The summed E-state index contributed by atoms with van der Waals surface area (Å²) < 4.78 is 44.2. The molecule has 0 aromatic rings. The van der Waals surface area contributed by atoms with Gasteiger partial charge in [-0.3, -0.25) is 4.39 Å². The zero-order valence-corrected chi connectivity index (χ0v) is 5.94. The minimum atomic E-state index is -4.54. The number of nitrogens with zero attached hydrogens (tertiary/aromatic N) is 1. The molecule has 0 aromatic carbocycles. The Hall–Kier alpha value is -0.230. The molecule has 1 heterocycles. The van der Waals surface area contributed by atoms with Crippen molar-refractivity contribution in [3.05, 3.63) is 0 Å². The standard InChI is InChI=1S/C4H7F2NO2S/c5-1-4-2-7(3-4)10(6,8)9/h4H,1-3H2. The molecule has 60 valence electrons. The van der Waals surface area contributed by atoms with E-state index in [0.29, 0.717) is 4.31 Å². The second kappa shape index (κ2) is 2.43. The first-order valence-electron chi connectivity index (χ1n) is 2.79. The van der Waals surface area contributed by atoms with Gasteiger partial charge in [0.25, 0.3) is 0 Å². The van der Waals surface area contributed by atoms with E-state index in [4.69, 9.17) is 0 Å². The highest BCUT2D eigenvalue weighted by molar-refractivity contribution is 7.84. The Kier molecular flexibility index (Phi) is 1.91. The smallest absolute Gasteiger partial charge is 0.251 e. The van der Waals surface area contributed by atoms with Crippen LogP contribution >= 0.6 is 0 Å². The molecule has 0 spiro atoms. The zero-order chi connectivity index (χ0) is 7.78. The molecule has 1 saturated heterocycles. The molecule has 0 saturated carbocycles. The second-order valence-corrected chi connectivity index (χ2v) is 3.62. The maximum atomic E-state index is 11.9. The molecule has 0 atom stereocenters. The van der Waals surface area contributed by atoms with Crippen molar-refractivity contribution in [1.29, 1.82) is 0 Å². The molecule has 0 unspecified atom stereocenters. The molecule has 1 aliphatic heterocycles. The van der Waals surface area contributed by atoms with E-state index < -0.39 is 17.1 Å². The molecule has 6 heteroatoms. The molecule has 3 nitrogen and oxygen atoms in total. The maximum absolute atomic E-state index is 11.9. The average Bonchev–Trinajstić information content (AvgIpc) is 1.57. The van der Waals surface area contributed by atoms with Crippen LogP contribution in [0.25, 0.3) is 0 Å². The third-order valence-corrected chi connectivity index (χ3v) is 2.37. The number of alkyl halides is 1. The van der Waals surface area contributed by atoms with E-state index in [9.17, 15) is 16.7 Å². The third kappa shape index (κ3) is 1.43. The van der Waals surface area contributed by atoms with Gasteiger partial charge in [-0.25, -0.2) is 0 Å². The maximum Gasteiger partial charge on any atom is 0.374 e. The van der Waals surface area contributed by atoms with Crippen LogP contribution < -0.4 is 0 Å². The first kappa shape index (κ1) is 7.87. The lowest BCUT2D eigenvalue weighted by atomic mass is 10.1. The molecule has 0 N–H and O–H groups in total. The minimum Gasteiger partial charge on any atom is -0.251 e. The van der Waals surface area contributed by atoms with Gasteiger partial charge in [0.1, 0.15) is 0 Å². The van der Waals surface area contributed by atoms with Crippen LogP contribution in [0.15, 0.2) is 0 Å². The lowest BCUT2D eigenvalue weighted by molar-refractivity contribution is 0.158. The van der Waals surface area contributed by atoms with Gasteiger partial charge in [0.15, 0.2) is 0 Å². The van der Waals surface area contributed by atoms with Crippen LogP contribution in [0.3, 0.4) is 0 Å². The molecule has 0 aliphatic carbocycles. The largest absolute Gasteiger partial charge is 0.374 e. The van der Waals surface area contributed by atoms with Crippen LogP contribution in [0.5, 0.6) is 0 Å². The van der Waals surface area contributed by atoms with Crippen LogP contribution in [0.1, 0.15) is 0 Å². The van der Waals surface area contributed by atoms with E-state index >= 15 is 0 Å². The number of hydrogen-bond donors (Lipinski definition) is 0. The predicted octanol–water partition coefficient (Wildman–Crippen LogP) is 0.102. The SMILES string of the molecule is O=S(=O)(F)N1CC(CF)C1. The number of halogens is 2. The molecule has 0 bridgehead atoms. The van der Waals surface area contributed by atoms with Crippen molar-refractivity contribution in [3.63, 3.8) is 0 Å². The van der Waals surface area contributed by atoms with Gasteiger partial charge < -0.3 is 0 Å². The minimum absolute atomic E-state index is 0.0185.